The van der Waals surface area contributed by atoms with E-state index < -0.39 is 0 Å². The molecule has 0 nitrogen and oxygen atoms in total. The van der Waals surface area contributed by atoms with Crippen molar-refractivity contribution in [2.24, 2.45) is 47.3 Å². The van der Waals surface area contributed by atoms with Gasteiger partial charge < -0.3 is 0 Å². The van der Waals surface area contributed by atoms with Crippen molar-refractivity contribution in [2.75, 3.05) is 0 Å². The molecule has 0 radical (unpaired) electrons. The number of allylic oxidation sites excluding steroid dienone is 5. The third-order valence-electron chi connectivity index (χ3n) is 9.78. The summed E-state index contributed by atoms with van der Waals surface area (Å²) in [7, 11) is 0. The van der Waals surface area contributed by atoms with Crippen LogP contribution in [-0.4, -0.2) is 0 Å². The SMILES string of the molecule is C=C(C[C@H](CC(C)CCCC1CC(CCC(C)C)C1)CC1C=CCCC1)C(C)C[C@H]1C=CCCC1. The number of hydrogen-bond donors (Lipinski definition) is 0. The first-order valence-electron chi connectivity index (χ1n) is 15.9. The summed E-state index contributed by atoms with van der Waals surface area (Å²) in [6, 6.07) is 0. The Morgan fingerprint density at radius 2 is 1.46 bits per heavy atom. The summed E-state index contributed by atoms with van der Waals surface area (Å²) >= 11 is 0. The molecule has 3 rings (SSSR count). The molecule has 0 amide bonds. The quantitative estimate of drug-likeness (QED) is 0.193. The zero-order chi connectivity index (χ0) is 25.0. The van der Waals surface area contributed by atoms with Crippen LogP contribution in [0, 0.1) is 47.3 Å². The van der Waals surface area contributed by atoms with Gasteiger partial charge in [-0.1, -0.05) is 96.3 Å². The Kier molecular flexibility index (Phi) is 12.7. The summed E-state index contributed by atoms with van der Waals surface area (Å²) < 4.78 is 0. The maximum atomic E-state index is 4.66. The lowest BCUT2D eigenvalue weighted by atomic mass is 9.70. The summed E-state index contributed by atoms with van der Waals surface area (Å²) in [5.74, 6) is 6.99. The summed E-state index contributed by atoms with van der Waals surface area (Å²) in [6.07, 6.45) is 33.9. The van der Waals surface area contributed by atoms with Gasteiger partial charge in [-0.3, -0.25) is 0 Å². The monoisotopic (exact) mass is 480 g/mol. The second kappa shape index (κ2) is 15.5. The molecule has 3 aliphatic carbocycles. The van der Waals surface area contributed by atoms with Gasteiger partial charge in [0, 0.05) is 0 Å². The lowest BCUT2D eigenvalue weighted by Crippen LogP contribution is -2.24. The highest BCUT2D eigenvalue weighted by Gasteiger charge is 2.28. The predicted molar refractivity (Wildman–Crippen MR) is 157 cm³/mol. The van der Waals surface area contributed by atoms with Crippen LogP contribution in [-0.2, 0) is 0 Å². The van der Waals surface area contributed by atoms with Crippen molar-refractivity contribution in [1.29, 1.82) is 0 Å². The minimum Gasteiger partial charge on any atom is -0.0996 e. The molecule has 0 aromatic rings. The molecule has 0 saturated heterocycles. The molecule has 5 atom stereocenters. The van der Waals surface area contributed by atoms with Gasteiger partial charge in [0.05, 0.1) is 0 Å². The molecule has 3 aliphatic rings. The summed E-state index contributed by atoms with van der Waals surface area (Å²) in [6.45, 7) is 14.4. The van der Waals surface area contributed by atoms with E-state index in [9.17, 15) is 0 Å². The molecule has 0 spiro atoms. The van der Waals surface area contributed by atoms with Crippen molar-refractivity contribution in [3.05, 3.63) is 36.5 Å². The van der Waals surface area contributed by atoms with E-state index in [4.69, 9.17) is 0 Å². The predicted octanol–water partition coefficient (Wildman–Crippen LogP) is 11.3. The van der Waals surface area contributed by atoms with Crippen molar-refractivity contribution in [3.63, 3.8) is 0 Å². The zero-order valence-corrected chi connectivity index (χ0v) is 24.2. The second-order valence-electron chi connectivity index (χ2n) is 13.8. The van der Waals surface area contributed by atoms with E-state index in [1.165, 1.54) is 109 Å². The second-order valence-corrected chi connectivity index (χ2v) is 13.8. The third-order valence-corrected chi connectivity index (χ3v) is 9.78. The van der Waals surface area contributed by atoms with Crippen LogP contribution < -0.4 is 0 Å². The van der Waals surface area contributed by atoms with Gasteiger partial charge in [0.15, 0.2) is 0 Å². The first-order chi connectivity index (χ1) is 16.9. The summed E-state index contributed by atoms with van der Waals surface area (Å²) in [5, 5.41) is 0. The number of rotatable bonds is 16. The molecule has 0 heterocycles. The molecule has 1 saturated carbocycles. The van der Waals surface area contributed by atoms with E-state index in [1.54, 1.807) is 5.57 Å². The minimum atomic E-state index is 0.671. The molecule has 1 fully saturated rings. The van der Waals surface area contributed by atoms with Gasteiger partial charge >= 0.3 is 0 Å². The Morgan fingerprint density at radius 3 is 2.06 bits per heavy atom. The van der Waals surface area contributed by atoms with Gasteiger partial charge in [0.25, 0.3) is 0 Å². The van der Waals surface area contributed by atoms with Crippen molar-refractivity contribution in [3.8, 4) is 0 Å². The van der Waals surface area contributed by atoms with Gasteiger partial charge in [-0.25, -0.2) is 0 Å². The molecule has 35 heavy (non-hydrogen) atoms. The van der Waals surface area contributed by atoms with Crippen LogP contribution in [0.4, 0.5) is 0 Å². The maximum absolute atomic E-state index is 4.66. The normalized spacial score (nSPS) is 29.1. The summed E-state index contributed by atoms with van der Waals surface area (Å²) in [5.41, 5.74) is 1.54. The molecular formula is C35H60. The molecular weight excluding hydrogens is 420 g/mol. The maximum Gasteiger partial charge on any atom is -0.0228 e. The Morgan fingerprint density at radius 1 is 0.829 bits per heavy atom. The van der Waals surface area contributed by atoms with Crippen LogP contribution in [0.1, 0.15) is 137 Å². The van der Waals surface area contributed by atoms with Gasteiger partial charge in [0.1, 0.15) is 0 Å². The van der Waals surface area contributed by atoms with Crippen molar-refractivity contribution >= 4 is 0 Å². The average Bonchev–Trinajstić information content (AvgIpc) is 2.81. The van der Waals surface area contributed by atoms with Crippen molar-refractivity contribution < 1.29 is 0 Å². The molecule has 3 unspecified atom stereocenters. The molecule has 0 N–H and O–H groups in total. The van der Waals surface area contributed by atoms with Crippen LogP contribution in [0.2, 0.25) is 0 Å². The third kappa shape index (κ3) is 11.0. The van der Waals surface area contributed by atoms with E-state index in [-0.39, 0.29) is 0 Å². The van der Waals surface area contributed by atoms with E-state index in [1.807, 2.05) is 0 Å². The standard InChI is InChI=1S/C35H60/c1-27(2)19-20-34-25-33(26-34)18-12-13-28(3)21-35(24-32-16-10-7-11-17-32)23-30(5)29(4)22-31-14-8-6-9-15-31/h8,10,14,16,27-29,31-35H,5-7,9,11-13,15,17-26H2,1-4H3/t28?,29?,31-,32?,33?,34?,35-/m0/s1. The average molecular weight is 481 g/mol. The van der Waals surface area contributed by atoms with Crippen LogP contribution in [0.25, 0.3) is 0 Å². The molecule has 0 heteroatoms. The zero-order valence-electron chi connectivity index (χ0n) is 24.2. The Labute approximate surface area is 220 Å². The largest absolute Gasteiger partial charge is 0.0996 e. The van der Waals surface area contributed by atoms with Crippen LogP contribution >= 0.6 is 0 Å². The molecule has 0 aromatic carbocycles. The van der Waals surface area contributed by atoms with Gasteiger partial charge in [-0.15, -0.1) is 0 Å². The smallest absolute Gasteiger partial charge is 0.0228 e. The lowest BCUT2D eigenvalue weighted by molar-refractivity contribution is 0.157. The van der Waals surface area contributed by atoms with Crippen LogP contribution in [0.15, 0.2) is 36.5 Å². The molecule has 0 aliphatic heterocycles. The van der Waals surface area contributed by atoms with E-state index in [2.05, 4.69) is 58.6 Å². The van der Waals surface area contributed by atoms with Crippen LogP contribution in [0.5, 0.6) is 0 Å². The van der Waals surface area contributed by atoms with E-state index >= 15 is 0 Å². The highest BCUT2D eigenvalue weighted by molar-refractivity contribution is 5.05. The van der Waals surface area contributed by atoms with Gasteiger partial charge in [-0.2, -0.15) is 0 Å². The highest BCUT2D eigenvalue weighted by Crippen LogP contribution is 2.41. The highest BCUT2D eigenvalue weighted by atomic mass is 14.3. The molecule has 0 bridgehead atoms. The fraction of sp³-hybridized carbons (Fsp3) is 0.829. The fourth-order valence-electron chi connectivity index (χ4n) is 7.40. The number of hydrogen-bond acceptors (Lipinski definition) is 0. The lowest BCUT2D eigenvalue weighted by Gasteiger charge is -2.36. The Hall–Kier alpha value is -0.780. The van der Waals surface area contributed by atoms with Crippen molar-refractivity contribution in [1.82, 2.24) is 0 Å². The van der Waals surface area contributed by atoms with E-state index in [0.717, 1.165) is 41.4 Å². The minimum absolute atomic E-state index is 0.671. The topological polar surface area (TPSA) is 0 Å². The van der Waals surface area contributed by atoms with E-state index in [0.29, 0.717) is 5.92 Å². The Balaban J connectivity index is 1.40. The van der Waals surface area contributed by atoms with Gasteiger partial charge in [-0.05, 0) is 124 Å². The van der Waals surface area contributed by atoms with Crippen LogP contribution in [0.3, 0.4) is 0 Å². The first kappa shape index (κ1) is 28.8. The van der Waals surface area contributed by atoms with Gasteiger partial charge in [0.2, 0.25) is 0 Å². The van der Waals surface area contributed by atoms with Crippen molar-refractivity contribution in [2.45, 2.75) is 137 Å². The molecule has 200 valence electrons. The Bertz CT molecular complexity index is 645. The summed E-state index contributed by atoms with van der Waals surface area (Å²) in [4.78, 5) is 0. The fourth-order valence-corrected chi connectivity index (χ4v) is 7.40. The first-order valence-corrected chi connectivity index (χ1v) is 15.9. The molecule has 0 aromatic heterocycles.